The molecule has 0 spiro atoms. The second-order valence-corrected chi connectivity index (χ2v) is 5.22. The van der Waals surface area contributed by atoms with E-state index in [4.69, 9.17) is 0 Å². The van der Waals surface area contributed by atoms with Crippen LogP contribution in [0.4, 0.5) is 0 Å². The summed E-state index contributed by atoms with van der Waals surface area (Å²) in [6.07, 6.45) is 1.34. The molecule has 1 aromatic carbocycles. The second-order valence-electron chi connectivity index (χ2n) is 5.22. The molecule has 1 amide bonds. The molecule has 0 saturated heterocycles. The van der Waals surface area contributed by atoms with Crippen LogP contribution in [0.3, 0.4) is 0 Å². The van der Waals surface area contributed by atoms with Crippen molar-refractivity contribution in [3.63, 3.8) is 0 Å². The van der Waals surface area contributed by atoms with Gasteiger partial charge in [-0.15, -0.1) is 0 Å². The third-order valence-electron chi connectivity index (χ3n) is 3.42. The molecule has 1 fully saturated rings. The highest BCUT2D eigenvalue weighted by Gasteiger charge is 2.39. The van der Waals surface area contributed by atoms with Gasteiger partial charge in [-0.1, -0.05) is 37.3 Å². The highest BCUT2D eigenvalue weighted by atomic mass is 16.2. The summed E-state index contributed by atoms with van der Waals surface area (Å²) in [6, 6.07) is 9.10. The normalized spacial score (nSPS) is 23.2. The van der Waals surface area contributed by atoms with Crippen LogP contribution in [0.5, 0.6) is 0 Å². The average molecular weight is 245 g/mol. The Balaban J connectivity index is 1.82. The molecule has 1 N–H and O–H groups in total. The van der Waals surface area contributed by atoms with E-state index < -0.39 is 0 Å². The van der Waals surface area contributed by atoms with E-state index in [2.05, 4.69) is 12.2 Å². The fraction of sp³-hybridized carbons (Fsp3) is 0.467. The summed E-state index contributed by atoms with van der Waals surface area (Å²) in [5.41, 5.74) is 0.707. The second kappa shape index (κ2) is 5.34. The topological polar surface area (TPSA) is 46.2 Å². The lowest BCUT2D eigenvalue weighted by Gasteiger charge is -2.13. The highest BCUT2D eigenvalue weighted by Crippen LogP contribution is 2.37. The zero-order valence-electron chi connectivity index (χ0n) is 10.8. The molecular formula is C15H19NO2. The van der Waals surface area contributed by atoms with Crippen molar-refractivity contribution >= 4 is 11.7 Å². The number of amides is 1. The van der Waals surface area contributed by atoms with E-state index in [1.54, 1.807) is 12.1 Å². The smallest absolute Gasteiger partial charge is 0.223 e. The van der Waals surface area contributed by atoms with Gasteiger partial charge in [0.15, 0.2) is 5.78 Å². The molecule has 1 aliphatic carbocycles. The molecule has 1 saturated carbocycles. The van der Waals surface area contributed by atoms with E-state index in [-0.39, 0.29) is 23.7 Å². The number of carbonyl (C=O) groups excluding carboxylic acids is 2. The van der Waals surface area contributed by atoms with Crippen molar-refractivity contribution in [1.82, 2.24) is 5.32 Å². The Bertz CT molecular complexity index is 441. The highest BCUT2D eigenvalue weighted by molar-refractivity contribution is 5.96. The molecule has 2 rings (SSSR count). The summed E-state index contributed by atoms with van der Waals surface area (Å²) in [5.74, 6) is 0.837. The van der Waals surface area contributed by atoms with E-state index >= 15 is 0 Å². The molecule has 1 aliphatic rings. The molecule has 96 valence electrons. The predicted molar refractivity (Wildman–Crippen MR) is 70.3 cm³/mol. The van der Waals surface area contributed by atoms with E-state index in [1.165, 1.54) is 0 Å². The van der Waals surface area contributed by atoms with Gasteiger partial charge in [0.2, 0.25) is 5.91 Å². The lowest BCUT2D eigenvalue weighted by molar-refractivity contribution is -0.123. The maximum absolute atomic E-state index is 11.9. The summed E-state index contributed by atoms with van der Waals surface area (Å²) >= 11 is 0. The lowest BCUT2D eigenvalue weighted by atomic mass is 10.0. The lowest BCUT2D eigenvalue weighted by Crippen LogP contribution is -2.35. The minimum Gasteiger partial charge on any atom is -0.353 e. The van der Waals surface area contributed by atoms with Gasteiger partial charge < -0.3 is 5.32 Å². The van der Waals surface area contributed by atoms with Crippen LogP contribution in [-0.2, 0) is 4.79 Å². The molecule has 0 aromatic heterocycles. The van der Waals surface area contributed by atoms with E-state index in [0.29, 0.717) is 17.9 Å². The Labute approximate surface area is 108 Å². The Kier molecular flexibility index (Phi) is 3.80. The van der Waals surface area contributed by atoms with Crippen LogP contribution in [0, 0.1) is 11.8 Å². The van der Waals surface area contributed by atoms with Crippen LogP contribution < -0.4 is 5.32 Å². The number of rotatable bonds is 5. The number of ketones is 1. The predicted octanol–water partition coefficient (Wildman–Crippen LogP) is 2.42. The SMILES string of the molecule is C[C@H](CC(=O)c1ccccc1)NC(=O)[C@H]1C[C@H]1C. The molecule has 0 unspecified atom stereocenters. The van der Waals surface area contributed by atoms with Crippen molar-refractivity contribution in [3.05, 3.63) is 35.9 Å². The first-order valence-corrected chi connectivity index (χ1v) is 6.46. The van der Waals surface area contributed by atoms with Crippen LogP contribution >= 0.6 is 0 Å². The molecular weight excluding hydrogens is 226 g/mol. The quantitative estimate of drug-likeness (QED) is 0.810. The van der Waals surface area contributed by atoms with Gasteiger partial charge in [-0.05, 0) is 19.3 Å². The van der Waals surface area contributed by atoms with Gasteiger partial charge in [0.25, 0.3) is 0 Å². The minimum atomic E-state index is -0.0991. The number of nitrogens with one attached hydrogen (secondary N) is 1. The fourth-order valence-corrected chi connectivity index (χ4v) is 2.11. The zero-order chi connectivity index (χ0) is 13.1. The first-order chi connectivity index (χ1) is 8.58. The van der Waals surface area contributed by atoms with Gasteiger partial charge in [0.1, 0.15) is 0 Å². The molecule has 3 nitrogen and oxygen atoms in total. The summed E-state index contributed by atoms with van der Waals surface area (Å²) in [6.45, 7) is 3.95. The molecule has 1 aromatic rings. The van der Waals surface area contributed by atoms with Crippen LogP contribution in [0.25, 0.3) is 0 Å². The molecule has 3 heteroatoms. The van der Waals surface area contributed by atoms with Gasteiger partial charge in [-0.25, -0.2) is 0 Å². The Morgan fingerprint density at radius 2 is 1.94 bits per heavy atom. The molecule has 0 radical (unpaired) electrons. The van der Waals surface area contributed by atoms with E-state index in [0.717, 1.165) is 6.42 Å². The van der Waals surface area contributed by atoms with Gasteiger partial charge in [-0.2, -0.15) is 0 Å². The van der Waals surface area contributed by atoms with Crippen molar-refractivity contribution in [3.8, 4) is 0 Å². The summed E-state index contributed by atoms with van der Waals surface area (Å²) < 4.78 is 0. The van der Waals surface area contributed by atoms with Crippen molar-refractivity contribution < 1.29 is 9.59 Å². The Morgan fingerprint density at radius 1 is 1.33 bits per heavy atom. The van der Waals surface area contributed by atoms with Crippen molar-refractivity contribution in [2.45, 2.75) is 32.7 Å². The average Bonchev–Trinajstić information content (AvgIpc) is 3.07. The number of hydrogen-bond donors (Lipinski definition) is 1. The molecule has 0 bridgehead atoms. The number of benzene rings is 1. The molecule has 0 aliphatic heterocycles. The van der Waals surface area contributed by atoms with Crippen LogP contribution in [0.15, 0.2) is 30.3 Å². The summed E-state index contributed by atoms with van der Waals surface area (Å²) in [5, 5.41) is 2.91. The largest absolute Gasteiger partial charge is 0.353 e. The number of hydrogen-bond acceptors (Lipinski definition) is 2. The molecule has 3 atom stereocenters. The fourth-order valence-electron chi connectivity index (χ4n) is 2.11. The van der Waals surface area contributed by atoms with E-state index in [9.17, 15) is 9.59 Å². The number of Topliss-reactive ketones (excluding diaryl/α,β-unsaturated/α-hetero) is 1. The summed E-state index contributed by atoms with van der Waals surface area (Å²) in [4.78, 5) is 23.7. The Morgan fingerprint density at radius 3 is 2.50 bits per heavy atom. The summed E-state index contributed by atoms with van der Waals surface area (Å²) in [7, 11) is 0. The van der Waals surface area contributed by atoms with Crippen molar-refractivity contribution in [1.29, 1.82) is 0 Å². The standard InChI is InChI=1S/C15H19NO2/c1-10-8-13(10)15(18)16-11(2)9-14(17)12-6-4-3-5-7-12/h3-7,10-11,13H,8-9H2,1-2H3,(H,16,18)/t10-,11-,13+/m1/s1. The van der Waals surface area contributed by atoms with Crippen LogP contribution in [0.1, 0.15) is 37.0 Å². The third kappa shape index (κ3) is 3.19. The number of carbonyl (C=O) groups is 2. The maximum atomic E-state index is 11.9. The van der Waals surface area contributed by atoms with Gasteiger partial charge in [-0.3, -0.25) is 9.59 Å². The van der Waals surface area contributed by atoms with E-state index in [1.807, 2.05) is 25.1 Å². The third-order valence-corrected chi connectivity index (χ3v) is 3.42. The van der Waals surface area contributed by atoms with Crippen LogP contribution in [-0.4, -0.2) is 17.7 Å². The van der Waals surface area contributed by atoms with Gasteiger partial charge in [0.05, 0.1) is 0 Å². The van der Waals surface area contributed by atoms with Gasteiger partial charge in [0, 0.05) is 23.9 Å². The first kappa shape index (κ1) is 12.8. The maximum Gasteiger partial charge on any atom is 0.223 e. The Hall–Kier alpha value is -1.64. The molecule has 18 heavy (non-hydrogen) atoms. The first-order valence-electron chi connectivity index (χ1n) is 6.46. The van der Waals surface area contributed by atoms with Gasteiger partial charge >= 0.3 is 0 Å². The minimum absolute atomic E-state index is 0.0762. The van der Waals surface area contributed by atoms with Crippen LogP contribution in [0.2, 0.25) is 0 Å². The monoisotopic (exact) mass is 245 g/mol. The zero-order valence-corrected chi connectivity index (χ0v) is 10.8. The molecule has 0 heterocycles. The van der Waals surface area contributed by atoms with Crippen molar-refractivity contribution in [2.24, 2.45) is 11.8 Å². The van der Waals surface area contributed by atoms with Crippen molar-refractivity contribution in [2.75, 3.05) is 0 Å².